The highest BCUT2D eigenvalue weighted by molar-refractivity contribution is 5.93. The number of carbonyl (C=O) groups excluding carboxylic acids is 1. The molecule has 1 atom stereocenters. The Morgan fingerprint density at radius 2 is 1.80 bits per heavy atom. The third-order valence-corrected chi connectivity index (χ3v) is 5.92. The number of aryl methyl sites for hydroxylation is 1. The van der Waals surface area contributed by atoms with Gasteiger partial charge in [-0.3, -0.25) is 14.5 Å². The second-order valence-electron chi connectivity index (χ2n) is 7.89. The Kier molecular flexibility index (Phi) is 6.29. The van der Waals surface area contributed by atoms with E-state index in [2.05, 4.69) is 41.4 Å². The van der Waals surface area contributed by atoms with Gasteiger partial charge in [0.05, 0.1) is 11.4 Å². The van der Waals surface area contributed by atoms with E-state index in [1.807, 2.05) is 0 Å². The molecule has 0 aliphatic carbocycles. The van der Waals surface area contributed by atoms with E-state index >= 15 is 0 Å². The van der Waals surface area contributed by atoms with E-state index in [0.29, 0.717) is 17.5 Å². The molecule has 3 aromatic rings. The van der Waals surface area contributed by atoms with Gasteiger partial charge in [0.25, 0.3) is 5.91 Å². The molecule has 1 aliphatic rings. The third-order valence-electron chi connectivity index (χ3n) is 5.92. The Labute approximate surface area is 176 Å². The van der Waals surface area contributed by atoms with Crippen molar-refractivity contribution in [3.8, 4) is 0 Å². The summed E-state index contributed by atoms with van der Waals surface area (Å²) in [4.78, 5) is 27.6. The van der Waals surface area contributed by atoms with E-state index in [0.717, 1.165) is 19.5 Å². The summed E-state index contributed by atoms with van der Waals surface area (Å²) in [5, 5.41) is 3.48. The average molecular weight is 405 g/mol. The molecule has 0 spiro atoms. The zero-order valence-corrected chi connectivity index (χ0v) is 17.4. The van der Waals surface area contributed by atoms with Gasteiger partial charge in [-0.15, -0.1) is 0 Å². The van der Waals surface area contributed by atoms with Gasteiger partial charge < -0.3 is 9.73 Å². The number of nitrogens with zero attached hydrogens (tertiary/aromatic N) is 1. The fourth-order valence-electron chi connectivity index (χ4n) is 4.16. The highest BCUT2D eigenvalue weighted by Gasteiger charge is 2.23. The van der Waals surface area contributed by atoms with Crippen molar-refractivity contribution in [1.82, 2.24) is 10.2 Å². The fourth-order valence-corrected chi connectivity index (χ4v) is 4.16. The number of carbonyl (C=O) groups is 1. The van der Waals surface area contributed by atoms with Gasteiger partial charge in [-0.05, 0) is 55.6 Å². The standard InChI is InChI=1S/C25H28N2O3/c1-2-18-10-12-19(13-11-18)21(27-14-6-3-7-15-27)17-26-25(29)24-16-22(28)20-8-4-5-9-23(20)30-24/h4-5,8-13,16,21H,2-3,6-7,14-15,17H2,1H3,(H,26,29)/t21-/m1/s1. The quantitative estimate of drug-likeness (QED) is 0.665. The van der Waals surface area contributed by atoms with Gasteiger partial charge in [0, 0.05) is 12.6 Å². The van der Waals surface area contributed by atoms with E-state index in [9.17, 15) is 9.59 Å². The number of rotatable bonds is 6. The van der Waals surface area contributed by atoms with E-state index < -0.39 is 0 Å². The van der Waals surface area contributed by atoms with Crippen LogP contribution in [0.4, 0.5) is 0 Å². The van der Waals surface area contributed by atoms with Crippen molar-refractivity contribution < 1.29 is 9.21 Å². The van der Waals surface area contributed by atoms with Crippen LogP contribution < -0.4 is 10.7 Å². The number of hydrogen-bond acceptors (Lipinski definition) is 4. The third kappa shape index (κ3) is 4.46. The largest absolute Gasteiger partial charge is 0.451 e. The van der Waals surface area contributed by atoms with Crippen LogP contribution in [0.15, 0.2) is 63.8 Å². The van der Waals surface area contributed by atoms with Gasteiger partial charge in [0.15, 0.2) is 11.2 Å². The van der Waals surface area contributed by atoms with Crippen LogP contribution in [0.1, 0.15) is 53.9 Å². The van der Waals surface area contributed by atoms with Crippen molar-refractivity contribution in [2.75, 3.05) is 19.6 Å². The maximum Gasteiger partial charge on any atom is 0.287 e. The van der Waals surface area contributed by atoms with Crippen molar-refractivity contribution in [2.24, 2.45) is 0 Å². The fraction of sp³-hybridized carbons (Fsp3) is 0.360. The Hall–Kier alpha value is -2.92. The number of hydrogen-bond donors (Lipinski definition) is 1. The van der Waals surface area contributed by atoms with Gasteiger partial charge in [-0.25, -0.2) is 0 Å². The number of likely N-dealkylation sites (tertiary alicyclic amines) is 1. The zero-order chi connectivity index (χ0) is 20.9. The molecule has 2 aromatic carbocycles. The van der Waals surface area contributed by atoms with Crippen LogP contribution in [-0.2, 0) is 6.42 Å². The van der Waals surface area contributed by atoms with Crippen LogP contribution >= 0.6 is 0 Å². The summed E-state index contributed by atoms with van der Waals surface area (Å²) < 4.78 is 5.69. The lowest BCUT2D eigenvalue weighted by Gasteiger charge is -2.35. The molecule has 0 radical (unpaired) electrons. The summed E-state index contributed by atoms with van der Waals surface area (Å²) in [6.07, 6.45) is 4.62. The number of amides is 1. The molecule has 5 nitrogen and oxygen atoms in total. The van der Waals surface area contributed by atoms with Gasteiger partial charge in [-0.1, -0.05) is 49.7 Å². The van der Waals surface area contributed by atoms with E-state index in [1.165, 1.54) is 36.5 Å². The molecule has 0 bridgehead atoms. The van der Waals surface area contributed by atoms with Crippen LogP contribution in [0.2, 0.25) is 0 Å². The lowest BCUT2D eigenvalue weighted by Crippen LogP contribution is -2.40. The van der Waals surface area contributed by atoms with Crippen LogP contribution in [0.25, 0.3) is 11.0 Å². The van der Waals surface area contributed by atoms with Crippen molar-refractivity contribution in [1.29, 1.82) is 0 Å². The average Bonchev–Trinajstić information content (AvgIpc) is 2.80. The maximum atomic E-state index is 12.8. The van der Waals surface area contributed by atoms with Gasteiger partial charge >= 0.3 is 0 Å². The summed E-state index contributed by atoms with van der Waals surface area (Å²) in [7, 11) is 0. The molecule has 0 saturated carbocycles. The highest BCUT2D eigenvalue weighted by Crippen LogP contribution is 2.25. The highest BCUT2D eigenvalue weighted by atomic mass is 16.3. The van der Waals surface area contributed by atoms with Crippen molar-refractivity contribution in [3.63, 3.8) is 0 Å². The lowest BCUT2D eigenvalue weighted by molar-refractivity contribution is 0.0897. The van der Waals surface area contributed by atoms with E-state index in [-0.39, 0.29) is 23.1 Å². The van der Waals surface area contributed by atoms with Crippen molar-refractivity contribution >= 4 is 16.9 Å². The second kappa shape index (κ2) is 9.26. The Balaban J connectivity index is 1.54. The molecule has 1 fully saturated rings. The molecule has 30 heavy (non-hydrogen) atoms. The molecule has 1 saturated heterocycles. The molecular weight excluding hydrogens is 376 g/mol. The normalized spacial score (nSPS) is 15.8. The molecule has 5 heteroatoms. The lowest BCUT2D eigenvalue weighted by atomic mass is 9.99. The summed E-state index contributed by atoms with van der Waals surface area (Å²) in [5.41, 5.74) is 2.73. The first-order valence-corrected chi connectivity index (χ1v) is 10.8. The van der Waals surface area contributed by atoms with Crippen LogP contribution in [0.3, 0.4) is 0 Å². The predicted molar refractivity (Wildman–Crippen MR) is 119 cm³/mol. The number of para-hydroxylation sites is 1. The van der Waals surface area contributed by atoms with Gasteiger partial charge in [-0.2, -0.15) is 0 Å². The molecule has 1 aromatic heterocycles. The zero-order valence-electron chi connectivity index (χ0n) is 17.4. The first kappa shape index (κ1) is 20.4. The minimum atomic E-state index is -0.356. The smallest absolute Gasteiger partial charge is 0.287 e. The number of fused-ring (bicyclic) bond motifs is 1. The predicted octanol–water partition coefficient (Wildman–Crippen LogP) is 4.31. The first-order valence-electron chi connectivity index (χ1n) is 10.8. The van der Waals surface area contributed by atoms with E-state index in [4.69, 9.17) is 4.42 Å². The molecule has 0 unspecified atom stereocenters. The van der Waals surface area contributed by atoms with Gasteiger partial charge in [0.1, 0.15) is 5.58 Å². The van der Waals surface area contributed by atoms with E-state index in [1.54, 1.807) is 24.3 Å². The van der Waals surface area contributed by atoms with Crippen molar-refractivity contribution in [3.05, 3.63) is 81.7 Å². The Morgan fingerprint density at radius 1 is 1.07 bits per heavy atom. The van der Waals surface area contributed by atoms with Gasteiger partial charge in [0.2, 0.25) is 0 Å². The summed E-state index contributed by atoms with van der Waals surface area (Å²) >= 11 is 0. The summed E-state index contributed by atoms with van der Waals surface area (Å²) in [5.74, 6) is -0.303. The number of nitrogens with one attached hydrogen (secondary N) is 1. The molecule has 1 aliphatic heterocycles. The number of benzene rings is 2. The monoisotopic (exact) mass is 404 g/mol. The van der Waals surface area contributed by atoms with Crippen molar-refractivity contribution in [2.45, 2.75) is 38.6 Å². The topological polar surface area (TPSA) is 62.6 Å². The maximum absolute atomic E-state index is 12.8. The molecular formula is C25H28N2O3. The molecule has 2 heterocycles. The summed E-state index contributed by atoms with van der Waals surface area (Å²) in [6, 6.07) is 17.0. The molecule has 156 valence electrons. The summed E-state index contributed by atoms with van der Waals surface area (Å²) in [6.45, 7) is 4.68. The molecule has 1 N–H and O–H groups in total. The molecule has 1 amide bonds. The Morgan fingerprint density at radius 3 is 2.53 bits per heavy atom. The minimum Gasteiger partial charge on any atom is -0.451 e. The Bertz CT molecular complexity index is 1070. The van der Waals surface area contributed by atoms with Crippen LogP contribution in [0, 0.1) is 0 Å². The minimum absolute atomic E-state index is 0.0532. The van der Waals surface area contributed by atoms with Crippen LogP contribution in [-0.4, -0.2) is 30.4 Å². The number of piperidine rings is 1. The first-order chi connectivity index (χ1) is 14.7. The SMILES string of the molecule is CCc1ccc([C@@H](CNC(=O)c2cc(=O)c3ccccc3o2)N2CCCCC2)cc1. The second-order valence-corrected chi connectivity index (χ2v) is 7.89. The molecule has 4 rings (SSSR count). The van der Waals surface area contributed by atoms with Crippen LogP contribution in [0.5, 0.6) is 0 Å².